The zero-order valence-corrected chi connectivity index (χ0v) is 16.7. The minimum Gasteiger partial charge on any atom is -0.352 e. The van der Waals surface area contributed by atoms with Crippen molar-refractivity contribution in [2.75, 3.05) is 19.6 Å². The summed E-state index contributed by atoms with van der Waals surface area (Å²) in [5.74, 6) is -1.53. The number of nitrogens with zero attached hydrogens (tertiary/aromatic N) is 1. The maximum Gasteiger partial charge on any atom is 0.416 e. The Bertz CT molecular complexity index is 1020. The van der Waals surface area contributed by atoms with Gasteiger partial charge in [-0.15, -0.1) is 0 Å². The molecule has 0 radical (unpaired) electrons. The molecule has 162 valence electrons. The van der Waals surface area contributed by atoms with E-state index in [9.17, 15) is 30.8 Å². The van der Waals surface area contributed by atoms with E-state index < -0.39 is 38.4 Å². The average molecular weight is 444 g/mol. The van der Waals surface area contributed by atoms with Gasteiger partial charge in [0.15, 0.2) is 0 Å². The van der Waals surface area contributed by atoms with Crippen LogP contribution in [-0.4, -0.2) is 38.3 Å². The summed E-state index contributed by atoms with van der Waals surface area (Å²) in [5, 5.41) is 2.57. The first-order valence-corrected chi connectivity index (χ1v) is 10.8. The van der Waals surface area contributed by atoms with E-state index in [-0.39, 0.29) is 18.5 Å². The van der Waals surface area contributed by atoms with Gasteiger partial charge in [-0.2, -0.15) is 17.5 Å². The molecule has 2 aromatic rings. The molecule has 0 saturated carbocycles. The fourth-order valence-electron chi connectivity index (χ4n) is 3.19. The van der Waals surface area contributed by atoms with E-state index >= 15 is 0 Å². The van der Waals surface area contributed by atoms with Gasteiger partial charge in [0, 0.05) is 25.2 Å². The van der Waals surface area contributed by atoms with Crippen molar-refractivity contribution in [2.24, 2.45) is 0 Å². The molecule has 1 fully saturated rings. The van der Waals surface area contributed by atoms with E-state index in [0.29, 0.717) is 31.5 Å². The van der Waals surface area contributed by atoms with Crippen LogP contribution in [0.5, 0.6) is 0 Å². The Morgan fingerprint density at radius 2 is 1.67 bits per heavy atom. The lowest BCUT2D eigenvalue weighted by molar-refractivity contribution is -0.137. The standard InChI is InChI=1S/C20H20F4N2O3S/c21-17-8-5-15(13-18(17)30(28,29)26-11-1-2-12-26)19(27)25-10-9-14-3-6-16(7-4-14)20(22,23)24/h3-8,13H,1-2,9-12H2,(H,25,27). The number of carbonyl (C=O) groups excluding carboxylic acids is 1. The van der Waals surface area contributed by atoms with Crippen LogP contribution in [-0.2, 0) is 22.6 Å². The van der Waals surface area contributed by atoms with Gasteiger partial charge in [-0.1, -0.05) is 12.1 Å². The highest BCUT2D eigenvalue weighted by Gasteiger charge is 2.31. The monoisotopic (exact) mass is 444 g/mol. The Kier molecular flexibility index (Phi) is 6.47. The number of halogens is 4. The van der Waals surface area contributed by atoms with Crippen molar-refractivity contribution >= 4 is 15.9 Å². The second kappa shape index (κ2) is 8.73. The number of nitrogens with one attached hydrogen (secondary N) is 1. The van der Waals surface area contributed by atoms with Crippen LogP contribution in [0.2, 0.25) is 0 Å². The fourth-order valence-corrected chi connectivity index (χ4v) is 4.80. The van der Waals surface area contributed by atoms with Crippen molar-refractivity contribution in [3.05, 3.63) is 65.0 Å². The van der Waals surface area contributed by atoms with Gasteiger partial charge in [-0.05, 0) is 55.2 Å². The summed E-state index contributed by atoms with van der Waals surface area (Å²) in [6.07, 6.45) is -2.73. The summed E-state index contributed by atoms with van der Waals surface area (Å²) in [7, 11) is -4.02. The Morgan fingerprint density at radius 3 is 2.27 bits per heavy atom. The summed E-state index contributed by atoms with van der Waals surface area (Å²) in [5.41, 5.74) is -0.172. The first-order valence-electron chi connectivity index (χ1n) is 9.33. The molecule has 1 saturated heterocycles. The third-order valence-electron chi connectivity index (χ3n) is 4.86. The molecule has 2 aromatic carbocycles. The Morgan fingerprint density at radius 1 is 1.03 bits per heavy atom. The number of alkyl halides is 3. The molecular formula is C20H20F4N2O3S. The molecule has 1 aliphatic rings. The number of sulfonamides is 1. The number of carbonyl (C=O) groups is 1. The predicted molar refractivity (Wildman–Crippen MR) is 102 cm³/mol. The molecule has 0 atom stereocenters. The molecule has 1 aliphatic heterocycles. The number of benzene rings is 2. The highest BCUT2D eigenvalue weighted by Crippen LogP contribution is 2.29. The van der Waals surface area contributed by atoms with E-state index in [1.165, 1.54) is 22.5 Å². The van der Waals surface area contributed by atoms with Crippen LogP contribution < -0.4 is 5.32 Å². The third-order valence-corrected chi connectivity index (χ3v) is 6.77. The quantitative estimate of drug-likeness (QED) is 0.693. The highest BCUT2D eigenvalue weighted by atomic mass is 32.2. The van der Waals surface area contributed by atoms with Crippen molar-refractivity contribution in [3.8, 4) is 0 Å². The fraction of sp³-hybridized carbons (Fsp3) is 0.350. The van der Waals surface area contributed by atoms with Crippen LogP contribution in [0.25, 0.3) is 0 Å². The molecule has 3 rings (SSSR count). The maximum atomic E-state index is 14.2. The molecule has 0 spiro atoms. The van der Waals surface area contributed by atoms with Crippen molar-refractivity contribution in [1.29, 1.82) is 0 Å². The van der Waals surface area contributed by atoms with E-state index in [1.54, 1.807) is 0 Å². The van der Waals surface area contributed by atoms with Gasteiger partial charge in [-0.3, -0.25) is 4.79 Å². The van der Waals surface area contributed by atoms with Gasteiger partial charge in [0.2, 0.25) is 10.0 Å². The van der Waals surface area contributed by atoms with E-state index in [1.807, 2.05) is 0 Å². The van der Waals surface area contributed by atoms with Crippen molar-refractivity contribution < 1.29 is 30.8 Å². The average Bonchev–Trinajstić information content (AvgIpc) is 3.23. The van der Waals surface area contributed by atoms with Gasteiger partial charge < -0.3 is 5.32 Å². The summed E-state index contributed by atoms with van der Waals surface area (Å²) in [6, 6.07) is 7.72. The van der Waals surface area contributed by atoms with E-state index in [0.717, 1.165) is 24.3 Å². The van der Waals surface area contributed by atoms with Crippen molar-refractivity contribution in [1.82, 2.24) is 9.62 Å². The summed E-state index contributed by atoms with van der Waals surface area (Å²) in [6.45, 7) is 0.742. The van der Waals surface area contributed by atoms with Gasteiger partial charge in [0.1, 0.15) is 10.7 Å². The molecule has 1 N–H and O–H groups in total. The minimum atomic E-state index is -4.41. The lowest BCUT2D eigenvalue weighted by atomic mass is 10.1. The molecule has 0 bridgehead atoms. The summed E-state index contributed by atoms with van der Waals surface area (Å²) >= 11 is 0. The Balaban J connectivity index is 1.64. The van der Waals surface area contributed by atoms with E-state index in [4.69, 9.17) is 0 Å². The van der Waals surface area contributed by atoms with Gasteiger partial charge in [0.25, 0.3) is 5.91 Å². The second-order valence-corrected chi connectivity index (χ2v) is 8.86. The lowest BCUT2D eigenvalue weighted by Gasteiger charge is -2.16. The molecule has 10 heteroatoms. The SMILES string of the molecule is O=C(NCCc1ccc(C(F)(F)F)cc1)c1ccc(F)c(S(=O)(=O)N2CCCC2)c1. The summed E-state index contributed by atoms with van der Waals surface area (Å²) < 4.78 is 78.3. The number of hydrogen-bond acceptors (Lipinski definition) is 3. The Hall–Kier alpha value is -2.46. The topological polar surface area (TPSA) is 66.5 Å². The lowest BCUT2D eigenvalue weighted by Crippen LogP contribution is -2.30. The highest BCUT2D eigenvalue weighted by molar-refractivity contribution is 7.89. The van der Waals surface area contributed by atoms with Gasteiger partial charge in [0.05, 0.1) is 5.56 Å². The number of amides is 1. The molecular weight excluding hydrogens is 424 g/mol. The molecule has 0 aliphatic carbocycles. The molecule has 1 amide bonds. The third kappa shape index (κ3) is 4.99. The van der Waals surface area contributed by atoms with Crippen LogP contribution in [0.15, 0.2) is 47.4 Å². The molecule has 0 aromatic heterocycles. The second-order valence-electron chi connectivity index (χ2n) is 6.96. The number of hydrogen-bond donors (Lipinski definition) is 1. The normalized spacial score (nSPS) is 15.3. The van der Waals surface area contributed by atoms with Crippen molar-refractivity contribution in [3.63, 3.8) is 0 Å². The minimum absolute atomic E-state index is 0.0124. The zero-order valence-electron chi connectivity index (χ0n) is 15.9. The smallest absolute Gasteiger partial charge is 0.352 e. The molecule has 1 heterocycles. The van der Waals surface area contributed by atoms with Gasteiger partial charge >= 0.3 is 6.18 Å². The predicted octanol–water partition coefficient (Wildman–Crippen LogP) is 3.60. The van der Waals surface area contributed by atoms with Crippen LogP contribution in [0.3, 0.4) is 0 Å². The largest absolute Gasteiger partial charge is 0.416 e. The molecule has 30 heavy (non-hydrogen) atoms. The van der Waals surface area contributed by atoms with Crippen molar-refractivity contribution in [2.45, 2.75) is 30.3 Å². The zero-order chi connectivity index (χ0) is 21.9. The molecule has 5 nitrogen and oxygen atoms in total. The van der Waals surface area contributed by atoms with Crippen LogP contribution in [0.4, 0.5) is 17.6 Å². The maximum absolute atomic E-state index is 14.2. The first-order chi connectivity index (χ1) is 14.1. The Labute approximate surface area is 171 Å². The number of rotatable bonds is 6. The van der Waals surface area contributed by atoms with Crippen LogP contribution in [0.1, 0.15) is 34.3 Å². The van der Waals surface area contributed by atoms with E-state index in [2.05, 4.69) is 5.32 Å². The molecule has 0 unspecified atom stereocenters. The summed E-state index contributed by atoms with van der Waals surface area (Å²) in [4.78, 5) is 11.8. The first kappa shape index (κ1) is 22.2. The van der Waals surface area contributed by atoms with Crippen LogP contribution in [0, 0.1) is 5.82 Å². The van der Waals surface area contributed by atoms with Gasteiger partial charge in [-0.25, -0.2) is 12.8 Å². The van der Waals surface area contributed by atoms with Crippen LogP contribution >= 0.6 is 0 Å².